The molecule has 96 valence electrons. The summed E-state index contributed by atoms with van der Waals surface area (Å²) >= 11 is 0. The van der Waals surface area contributed by atoms with Crippen LogP contribution in [-0.4, -0.2) is 36.1 Å². The second-order valence-corrected chi connectivity index (χ2v) is 4.80. The molecule has 18 heavy (non-hydrogen) atoms. The third-order valence-electron chi connectivity index (χ3n) is 3.62. The fraction of sp³-hybridized carbons (Fsp3) is 0.571. The molecule has 0 unspecified atom stereocenters. The van der Waals surface area contributed by atoms with Gasteiger partial charge in [0.1, 0.15) is 11.8 Å². The number of hydrogen-bond donors (Lipinski definition) is 1. The van der Waals surface area contributed by atoms with E-state index in [0.717, 1.165) is 24.7 Å². The molecule has 2 heterocycles. The van der Waals surface area contributed by atoms with Crippen molar-refractivity contribution < 1.29 is 0 Å². The topological polar surface area (TPSA) is 52.0 Å². The Balaban J connectivity index is 1.80. The van der Waals surface area contributed by atoms with Crippen molar-refractivity contribution in [3.05, 3.63) is 24.0 Å². The Labute approximate surface area is 109 Å². The van der Waals surface area contributed by atoms with Gasteiger partial charge in [-0.3, -0.25) is 0 Å². The summed E-state index contributed by atoms with van der Waals surface area (Å²) in [6.45, 7) is 6.80. The Morgan fingerprint density at radius 2 is 2.28 bits per heavy atom. The van der Waals surface area contributed by atoms with Gasteiger partial charge in [-0.25, -0.2) is 4.98 Å². The number of rotatable bonds is 4. The quantitative estimate of drug-likeness (QED) is 0.881. The number of piperidine rings is 1. The van der Waals surface area contributed by atoms with E-state index in [1.807, 2.05) is 6.07 Å². The molecule has 4 nitrogen and oxygen atoms in total. The molecule has 0 aliphatic carbocycles. The third kappa shape index (κ3) is 3.44. The van der Waals surface area contributed by atoms with E-state index in [4.69, 9.17) is 5.26 Å². The highest BCUT2D eigenvalue weighted by atomic mass is 15.1. The van der Waals surface area contributed by atoms with Gasteiger partial charge in [-0.1, -0.05) is 6.92 Å². The molecule has 4 heteroatoms. The summed E-state index contributed by atoms with van der Waals surface area (Å²) < 4.78 is 0. The highest BCUT2D eigenvalue weighted by Crippen LogP contribution is 2.18. The van der Waals surface area contributed by atoms with Gasteiger partial charge in [-0.2, -0.15) is 5.26 Å². The first-order chi connectivity index (χ1) is 8.81. The number of aromatic nitrogens is 1. The molecule has 1 fully saturated rings. The molecule has 0 atom stereocenters. The van der Waals surface area contributed by atoms with Crippen LogP contribution in [0.1, 0.15) is 25.5 Å². The van der Waals surface area contributed by atoms with Gasteiger partial charge in [0.05, 0.1) is 0 Å². The van der Waals surface area contributed by atoms with E-state index in [2.05, 4.69) is 28.2 Å². The maximum atomic E-state index is 8.79. The van der Waals surface area contributed by atoms with Gasteiger partial charge in [0.2, 0.25) is 0 Å². The largest absolute Gasteiger partial charge is 0.385 e. The summed E-state index contributed by atoms with van der Waals surface area (Å²) in [5, 5.41) is 12.2. The van der Waals surface area contributed by atoms with Gasteiger partial charge in [0.25, 0.3) is 0 Å². The van der Waals surface area contributed by atoms with Crippen LogP contribution >= 0.6 is 0 Å². The van der Waals surface area contributed by atoms with Crippen molar-refractivity contribution in [1.29, 1.82) is 5.26 Å². The predicted octanol–water partition coefficient (Wildman–Crippen LogP) is 2.10. The van der Waals surface area contributed by atoms with Crippen LogP contribution in [0.25, 0.3) is 0 Å². The minimum atomic E-state index is 0.473. The lowest BCUT2D eigenvalue weighted by molar-refractivity contribution is 0.198. The third-order valence-corrected chi connectivity index (χ3v) is 3.62. The molecule has 1 aromatic heterocycles. The van der Waals surface area contributed by atoms with Gasteiger partial charge < -0.3 is 10.2 Å². The summed E-state index contributed by atoms with van der Waals surface area (Å²) in [7, 11) is 0. The zero-order chi connectivity index (χ0) is 12.8. The zero-order valence-electron chi connectivity index (χ0n) is 10.9. The molecule has 0 bridgehead atoms. The highest BCUT2D eigenvalue weighted by molar-refractivity contribution is 5.45. The van der Waals surface area contributed by atoms with Crippen molar-refractivity contribution in [1.82, 2.24) is 9.88 Å². The molecular formula is C14H20N4. The Kier molecular flexibility index (Phi) is 4.54. The van der Waals surface area contributed by atoms with Crippen molar-refractivity contribution in [3.63, 3.8) is 0 Å². The van der Waals surface area contributed by atoms with E-state index in [1.165, 1.54) is 25.9 Å². The molecule has 1 N–H and O–H groups in total. The number of likely N-dealkylation sites (tertiary alicyclic amines) is 1. The van der Waals surface area contributed by atoms with Crippen LogP contribution < -0.4 is 5.32 Å². The maximum Gasteiger partial charge on any atom is 0.142 e. The van der Waals surface area contributed by atoms with Crippen molar-refractivity contribution in [2.45, 2.75) is 19.8 Å². The van der Waals surface area contributed by atoms with Gasteiger partial charge in [-0.05, 0) is 50.5 Å². The molecule has 1 aliphatic rings. The summed E-state index contributed by atoms with van der Waals surface area (Å²) in [4.78, 5) is 6.46. The van der Waals surface area contributed by atoms with E-state index in [-0.39, 0.29) is 0 Å². The Morgan fingerprint density at radius 1 is 1.50 bits per heavy atom. The van der Waals surface area contributed by atoms with E-state index in [0.29, 0.717) is 5.69 Å². The van der Waals surface area contributed by atoms with Crippen LogP contribution in [0.3, 0.4) is 0 Å². The molecule has 0 saturated carbocycles. The predicted molar refractivity (Wildman–Crippen MR) is 72.3 cm³/mol. The van der Waals surface area contributed by atoms with Crippen LogP contribution in [-0.2, 0) is 0 Å². The Hall–Kier alpha value is -1.60. The molecule has 2 rings (SSSR count). The van der Waals surface area contributed by atoms with Gasteiger partial charge >= 0.3 is 0 Å². The second-order valence-electron chi connectivity index (χ2n) is 4.80. The van der Waals surface area contributed by atoms with Gasteiger partial charge in [0, 0.05) is 18.4 Å². The molecule has 0 aromatic carbocycles. The number of nitrogens with one attached hydrogen (secondary N) is 1. The molecule has 0 radical (unpaired) electrons. The number of pyridine rings is 1. The Bertz CT molecular complexity index is 416. The zero-order valence-corrected chi connectivity index (χ0v) is 10.9. The van der Waals surface area contributed by atoms with Crippen LogP contribution in [0.5, 0.6) is 0 Å². The second kappa shape index (κ2) is 6.36. The standard InChI is InChI=1S/C14H20N4/c1-2-18-7-4-12(5-8-18)11-17-13-3-6-16-14(9-13)10-15/h3,6,9,12H,2,4-5,7-8,11H2,1H3,(H,16,17). The lowest BCUT2D eigenvalue weighted by Gasteiger charge is -2.31. The first kappa shape index (κ1) is 12.8. The van der Waals surface area contributed by atoms with Gasteiger partial charge in [0.15, 0.2) is 0 Å². The van der Waals surface area contributed by atoms with Crippen molar-refractivity contribution in [2.24, 2.45) is 5.92 Å². The summed E-state index contributed by atoms with van der Waals surface area (Å²) in [6.07, 6.45) is 4.20. The molecular weight excluding hydrogens is 224 g/mol. The van der Waals surface area contributed by atoms with Crippen LogP contribution in [0, 0.1) is 17.2 Å². The van der Waals surface area contributed by atoms with E-state index < -0.39 is 0 Å². The van der Waals surface area contributed by atoms with Crippen molar-refractivity contribution in [2.75, 3.05) is 31.5 Å². The van der Waals surface area contributed by atoms with E-state index in [1.54, 1.807) is 12.3 Å². The van der Waals surface area contributed by atoms with Crippen LogP contribution in [0.4, 0.5) is 5.69 Å². The molecule has 1 aromatic rings. The molecule has 1 aliphatic heterocycles. The lowest BCUT2D eigenvalue weighted by Crippen LogP contribution is -2.35. The van der Waals surface area contributed by atoms with Crippen LogP contribution in [0.15, 0.2) is 18.3 Å². The minimum Gasteiger partial charge on any atom is -0.385 e. The van der Waals surface area contributed by atoms with E-state index in [9.17, 15) is 0 Å². The lowest BCUT2D eigenvalue weighted by atomic mass is 9.97. The van der Waals surface area contributed by atoms with Gasteiger partial charge in [-0.15, -0.1) is 0 Å². The smallest absolute Gasteiger partial charge is 0.142 e. The molecule has 0 amide bonds. The fourth-order valence-corrected chi connectivity index (χ4v) is 2.37. The highest BCUT2D eigenvalue weighted by Gasteiger charge is 2.17. The number of nitriles is 1. The Morgan fingerprint density at radius 3 is 2.94 bits per heavy atom. The minimum absolute atomic E-state index is 0.473. The average Bonchev–Trinajstić information content (AvgIpc) is 2.46. The number of hydrogen-bond acceptors (Lipinski definition) is 4. The maximum absolute atomic E-state index is 8.79. The van der Waals surface area contributed by atoms with Crippen molar-refractivity contribution >= 4 is 5.69 Å². The molecule has 1 saturated heterocycles. The normalized spacial score (nSPS) is 17.3. The SMILES string of the molecule is CCN1CCC(CNc2ccnc(C#N)c2)CC1. The monoisotopic (exact) mass is 244 g/mol. The first-order valence-corrected chi connectivity index (χ1v) is 6.64. The summed E-state index contributed by atoms with van der Waals surface area (Å²) in [6, 6.07) is 5.79. The summed E-state index contributed by atoms with van der Waals surface area (Å²) in [5.74, 6) is 0.742. The number of anilines is 1. The fourth-order valence-electron chi connectivity index (χ4n) is 2.37. The average molecular weight is 244 g/mol. The number of nitrogens with zero attached hydrogens (tertiary/aromatic N) is 3. The van der Waals surface area contributed by atoms with Crippen molar-refractivity contribution in [3.8, 4) is 6.07 Å². The van der Waals surface area contributed by atoms with E-state index >= 15 is 0 Å². The first-order valence-electron chi connectivity index (χ1n) is 6.64. The summed E-state index contributed by atoms with van der Waals surface area (Å²) in [5.41, 5.74) is 1.47. The molecule has 0 spiro atoms. The van der Waals surface area contributed by atoms with Crippen LogP contribution in [0.2, 0.25) is 0 Å².